The molecule has 0 aliphatic rings. The summed E-state index contributed by atoms with van der Waals surface area (Å²) in [5, 5.41) is 11.3. The molecule has 0 aliphatic heterocycles. The Morgan fingerprint density at radius 2 is 1.83 bits per heavy atom. The van der Waals surface area contributed by atoms with Crippen molar-refractivity contribution in [1.82, 2.24) is 14.9 Å². The smallest absolute Gasteiger partial charge is 0.208 e. The Kier molecular flexibility index (Phi) is 5.30. The third-order valence-corrected chi connectivity index (χ3v) is 3.56. The molecule has 0 atom stereocenters. The van der Waals surface area contributed by atoms with Crippen LogP contribution in [0.15, 0.2) is 0 Å². The van der Waals surface area contributed by atoms with E-state index in [1.807, 2.05) is 13.8 Å². The maximum atomic E-state index is 10.8. The van der Waals surface area contributed by atoms with Crippen LogP contribution in [0.25, 0.3) is 0 Å². The van der Waals surface area contributed by atoms with Crippen molar-refractivity contribution < 1.29 is 8.42 Å². The number of anilines is 1. The van der Waals surface area contributed by atoms with E-state index in [1.165, 1.54) is 0 Å². The lowest BCUT2D eigenvalue weighted by molar-refractivity contribution is 0.586. The maximum Gasteiger partial charge on any atom is 0.208 e. The fraction of sp³-hybridized carbons (Fsp3) is 0.600. The molecule has 0 amide bonds. The molecular weight excluding hydrogens is 276 g/mol. The minimum atomic E-state index is -3.11. The lowest BCUT2D eigenvalue weighted by Crippen LogP contribution is -2.24. The Labute approximate surface area is 112 Å². The minimum absolute atomic E-state index is 0.394. The van der Waals surface area contributed by atoms with Crippen molar-refractivity contribution in [2.45, 2.75) is 20.3 Å². The Bertz CT molecular complexity index is 519. The summed E-state index contributed by atoms with van der Waals surface area (Å²) in [6.07, 6.45) is 1.80. The topological polar surface area (TPSA) is 84.0 Å². The van der Waals surface area contributed by atoms with E-state index in [1.54, 1.807) is 0 Å². The van der Waals surface area contributed by atoms with E-state index in [0.29, 0.717) is 30.5 Å². The Balaban J connectivity index is 2.43. The molecule has 18 heavy (non-hydrogen) atoms. The second-order valence-electron chi connectivity index (χ2n) is 4.04. The van der Waals surface area contributed by atoms with Crippen molar-refractivity contribution in [1.29, 1.82) is 0 Å². The van der Waals surface area contributed by atoms with Crippen LogP contribution in [0.1, 0.15) is 17.5 Å². The normalized spacial score (nSPS) is 11.6. The van der Waals surface area contributed by atoms with Crippen LogP contribution in [0.5, 0.6) is 0 Å². The number of halogens is 1. The average molecular weight is 293 g/mol. The van der Waals surface area contributed by atoms with Crippen molar-refractivity contribution in [3.05, 3.63) is 16.3 Å². The van der Waals surface area contributed by atoms with E-state index in [2.05, 4.69) is 20.2 Å². The summed E-state index contributed by atoms with van der Waals surface area (Å²) in [5.41, 5.74) is 1.84. The van der Waals surface area contributed by atoms with E-state index in [-0.39, 0.29) is 0 Å². The summed E-state index contributed by atoms with van der Waals surface area (Å²) in [7, 11) is -3.11. The molecular formula is C10H17ClN4O2S. The molecule has 2 N–H and O–H groups in total. The largest absolute Gasteiger partial charge is 0.368 e. The van der Waals surface area contributed by atoms with Gasteiger partial charge in [-0.1, -0.05) is 11.6 Å². The van der Waals surface area contributed by atoms with Crippen LogP contribution in [0.3, 0.4) is 0 Å². The molecule has 1 heterocycles. The summed E-state index contributed by atoms with van der Waals surface area (Å²) in [5.74, 6) is 0.677. The van der Waals surface area contributed by atoms with Gasteiger partial charge < -0.3 is 5.32 Å². The molecule has 0 radical (unpaired) electrons. The molecule has 0 spiro atoms. The molecule has 0 aromatic carbocycles. The molecule has 0 aliphatic carbocycles. The molecule has 0 unspecified atom stereocenters. The van der Waals surface area contributed by atoms with Gasteiger partial charge in [0.25, 0.3) is 0 Å². The molecule has 0 fully saturated rings. The van der Waals surface area contributed by atoms with Crippen molar-refractivity contribution >= 4 is 27.4 Å². The van der Waals surface area contributed by atoms with Gasteiger partial charge in [0.2, 0.25) is 10.0 Å². The molecule has 1 aromatic rings. The van der Waals surface area contributed by atoms with E-state index in [0.717, 1.165) is 17.4 Å². The quantitative estimate of drug-likeness (QED) is 0.767. The molecule has 1 rings (SSSR count). The molecule has 8 heteroatoms. The van der Waals surface area contributed by atoms with Gasteiger partial charge in [0.05, 0.1) is 6.26 Å². The summed E-state index contributed by atoms with van der Waals surface area (Å²) in [6, 6.07) is 0. The number of sulfonamides is 1. The van der Waals surface area contributed by atoms with Gasteiger partial charge in [0.15, 0.2) is 11.0 Å². The lowest BCUT2D eigenvalue weighted by atomic mass is 10.2. The predicted molar refractivity (Wildman–Crippen MR) is 72.5 cm³/mol. The standard InChI is InChI=1S/C10H17ClN4O2S/c1-7-8(2)10(15-14-9(7)11)12-5-4-6-13-18(3,16)17/h13H,4-6H2,1-3H3,(H,12,15). The van der Waals surface area contributed by atoms with Crippen LogP contribution in [0, 0.1) is 13.8 Å². The predicted octanol–water partition coefficient (Wildman–Crippen LogP) is 1.10. The van der Waals surface area contributed by atoms with Crippen LogP contribution in [-0.4, -0.2) is 38.0 Å². The monoisotopic (exact) mass is 292 g/mol. The van der Waals surface area contributed by atoms with E-state index >= 15 is 0 Å². The van der Waals surface area contributed by atoms with Crippen molar-refractivity contribution in [2.75, 3.05) is 24.7 Å². The van der Waals surface area contributed by atoms with E-state index < -0.39 is 10.0 Å². The molecule has 1 aromatic heterocycles. The van der Waals surface area contributed by atoms with Gasteiger partial charge in [-0.25, -0.2) is 13.1 Å². The van der Waals surface area contributed by atoms with Crippen LogP contribution >= 0.6 is 11.6 Å². The molecule has 0 bridgehead atoms. The summed E-state index contributed by atoms with van der Waals surface area (Å²) in [6.45, 7) is 4.79. The number of hydrogen-bond acceptors (Lipinski definition) is 5. The van der Waals surface area contributed by atoms with Crippen LogP contribution < -0.4 is 10.0 Å². The fourth-order valence-corrected chi connectivity index (χ4v) is 1.99. The number of hydrogen-bond donors (Lipinski definition) is 2. The Morgan fingerprint density at radius 1 is 1.17 bits per heavy atom. The van der Waals surface area contributed by atoms with Crippen molar-refractivity contribution in [3.63, 3.8) is 0 Å². The molecule has 6 nitrogen and oxygen atoms in total. The van der Waals surface area contributed by atoms with Crippen LogP contribution in [-0.2, 0) is 10.0 Å². The third kappa shape index (κ3) is 4.75. The zero-order valence-electron chi connectivity index (χ0n) is 10.6. The maximum absolute atomic E-state index is 10.8. The van der Waals surface area contributed by atoms with Crippen LogP contribution in [0.2, 0.25) is 5.15 Å². The van der Waals surface area contributed by atoms with E-state index in [9.17, 15) is 8.42 Å². The summed E-state index contributed by atoms with van der Waals surface area (Å²) in [4.78, 5) is 0. The van der Waals surface area contributed by atoms with Crippen LogP contribution in [0.4, 0.5) is 5.82 Å². The second-order valence-corrected chi connectivity index (χ2v) is 6.23. The van der Waals surface area contributed by atoms with Gasteiger partial charge in [-0.05, 0) is 31.4 Å². The number of nitrogens with one attached hydrogen (secondary N) is 2. The zero-order chi connectivity index (χ0) is 13.8. The van der Waals surface area contributed by atoms with Gasteiger partial charge in [-0.2, -0.15) is 0 Å². The highest BCUT2D eigenvalue weighted by atomic mass is 35.5. The fourth-order valence-electron chi connectivity index (χ4n) is 1.30. The zero-order valence-corrected chi connectivity index (χ0v) is 12.2. The first-order valence-corrected chi connectivity index (χ1v) is 7.76. The highest BCUT2D eigenvalue weighted by molar-refractivity contribution is 7.88. The molecule has 0 saturated heterocycles. The summed E-state index contributed by atoms with van der Waals surface area (Å²) >= 11 is 5.84. The highest BCUT2D eigenvalue weighted by Gasteiger charge is 2.07. The number of nitrogens with zero attached hydrogens (tertiary/aromatic N) is 2. The SMILES string of the molecule is Cc1c(Cl)nnc(NCCCNS(C)(=O)=O)c1C. The Morgan fingerprint density at radius 3 is 2.44 bits per heavy atom. The first kappa shape index (κ1) is 15.1. The first-order chi connectivity index (χ1) is 8.31. The van der Waals surface area contributed by atoms with Gasteiger partial charge in [-0.15, -0.1) is 10.2 Å². The highest BCUT2D eigenvalue weighted by Crippen LogP contribution is 2.20. The van der Waals surface area contributed by atoms with Gasteiger partial charge in [0.1, 0.15) is 0 Å². The van der Waals surface area contributed by atoms with Crippen molar-refractivity contribution in [3.8, 4) is 0 Å². The van der Waals surface area contributed by atoms with Gasteiger partial charge in [-0.3, -0.25) is 0 Å². The van der Waals surface area contributed by atoms with Gasteiger partial charge >= 0.3 is 0 Å². The second kappa shape index (κ2) is 6.31. The van der Waals surface area contributed by atoms with Gasteiger partial charge in [0, 0.05) is 13.1 Å². The first-order valence-electron chi connectivity index (χ1n) is 5.49. The number of rotatable bonds is 6. The lowest BCUT2D eigenvalue weighted by Gasteiger charge is -2.10. The molecule has 102 valence electrons. The minimum Gasteiger partial charge on any atom is -0.368 e. The Hall–Kier alpha value is -0.920. The van der Waals surface area contributed by atoms with Crippen molar-refractivity contribution in [2.24, 2.45) is 0 Å². The third-order valence-electron chi connectivity index (χ3n) is 2.48. The summed E-state index contributed by atoms with van der Waals surface area (Å²) < 4.78 is 24.1. The number of aromatic nitrogens is 2. The molecule has 0 saturated carbocycles. The average Bonchev–Trinajstić information content (AvgIpc) is 2.27. The van der Waals surface area contributed by atoms with E-state index in [4.69, 9.17) is 11.6 Å².